The molecule has 1 atom stereocenters. The van der Waals surface area contributed by atoms with Crippen molar-refractivity contribution in [1.82, 2.24) is 10.2 Å². The number of hydrogen-bond acceptors (Lipinski definition) is 5. The number of aldehydes is 1. The number of morpholine rings is 1. The van der Waals surface area contributed by atoms with Crippen LogP contribution in [-0.4, -0.2) is 57.0 Å². The van der Waals surface area contributed by atoms with E-state index in [0.29, 0.717) is 55.1 Å². The maximum absolute atomic E-state index is 14.1. The van der Waals surface area contributed by atoms with Crippen LogP contribution in [0.3, 0.4) is 0 Å². The first kappa shape index (κ1) is 31.1. The van der Waals surface area contributed by atoms with Crippen molar-refractivity contribution in [2.24, 2.45) is 0 Å². The summed E-state index contributed by atoms with van der Waals surface area (Å²) in [5.41, 5.74) is 0.0307. The molecule has 1 unspecified atom stereocenters. The van der Waals surface area contributed by atoms with Gasteiger partial charge in [-0.15, -0.1) is 0 Å². The number of hydrogen-bond donors (Lipinski definition) is 1. The van der Waals surface area contributed by atoms with E-state index in [-0.39, 0.29) is 12.1 Å². The molecule has 0 spiro atoms. The van der Waals surface area contributed by atoms with Gasteiger partial charge in [-0.2, -0.15) is 0 Å². The number of ether oxygens (including phenoxy) is 1. The number of amides is 1. The summed E-state index contributed by atoms with van der Waals surface area (Å²) in [6.45, 7) is 4.61. The zero-order valence-electron chi connectivity index (χ0n) is 23.4. The Morgan fingerprint density at radius 3 is 2.21 bits per heavy atom. The molecule has 0 aliphatic carbocycles. The van der Waals surface area contributed by atoms with E-state index in [1.165, 1.54) is 24.3 Å². The Kier molecular flexibility index (Phi) is 9.95. The highest BCUT2D eigenvalue weighted by Gasteiger charge is 2.31. The molecule has 11 heteroatoms. The Bertz CT molecular complexity index is 1400. The Hall–Kier alpha value is -3.83. The number of nitrogens with one attached hydrogen (secondary N) is 1. The summed E-state index contributed by atoms with van der Waals surface area (Å²) in [5, 5.41) is 2.44. The minimum Gasteiger partial charge on any atom is -0.379 e. The van der Waals surface area contributed by atoms with Gasteiger partial charge < -0.3 is 19.7 Å². The maximum atomic E-state index is 14.1. The molecule has 0 bridgehead atoms. The average molecular weight is 590 g/mol. The highest BCUT2D eigenvalue weighted by atomic mass is 19.2. The smallest absolute Gasteiger partial charge is 0.251 e. The topological polar surface area (TPSA) is 61.9 Å². The molecule has 1 N–H and O–H groups in total. The van der Waals surface area contributed by atoms with Crippen LogP contribution in [0.1, 0.15) is 40.4 Å². The van der Waals surface area contributed by atoms with Crippen LogP contribution in [0.25, 0.3) is 0 Å². The predicted octanol–water partition coefficient (Wildman–Crippen LogP) is 5.13. The maximum Gasteiger partial charge on any atom is 0.251 e. The third-order valence-electron chi connectivity index (χ3n) is 7.47. The van der Waals surface area contributed by atoms with Gasteiger partial charge >= 0.3 is 0 Å². The van der Waals surface area contributed by atoms with Gasteiger partial charge in [0.15, 0.2) is 0 Å². The number of carbonyl (C=O) groups is 2. The fourth-order valence-corrected chi connectivity index (χ4v) is 5.02. The number of rotatable bonds is 11. The summed E-state index contributed by atoms with van der Waals surface area (Å²) in [5.74, 6) is -5.49. The van der Waals surface area contributed by atoms with Crippen LogP contribution < -0.4 is 10.2 Å². The number of carbonyl (C=O) groups excluding carboxylic acids is 2. The van der Waals surface area contributed by atoms with E-state index in [1.54, 1.807) is 24.9 Å². The van der Waals surface area contributed by atoms with Crippen LogP contribution in [0, 0.1) is 29.1 Å². The SMILES string of the molecule is CN(Cc1cc(F)cc(F)c1)c1cc(C(=O)NCc2c(F)cc(F)cc2F)ccc1C(C)(C=O)CCN1CCOCC1. The van der Waals surface area contributed by atoms with E-state index in [4.69, 9.17) is 4.74 Å². The summed E-state index contributed by atoms with van der Waals surface area (Å²) in [6.07, 6.45) is 1.31. The van der Waals surface area contributed by atoms with Crippen molar-refractivity contribution in [3.63, 3.8) is 0 Å². The van der Waals surface area contributed by atoms with Crippen LogP contribution >= 0.6 is 0 Å². The molecule has 6 nitrogen and oxygen atoms in total. The monoisotopic (exact) mass is 589 g/mol. The summed E-state index contributed by atoms with van der Waals surface area (Å²) < 4.78 is 74.7. The Morgan fingerprint density at radius 2 is 1.60 bits per heavy atom. The minimum absolute atomic E-state index is 0.0527. The van der Waals surface area contributed by atoms with Gasteiger partial charge in [-0.1, -0.05) is 6.07 Å². The lowest BCUT2D eigenvalue weighted by Gasteiger charge is -2.34. The van der Waals surface area contributed by atoms with Gasteiger partial charge in [-0.25, -0.2) is 22.0 Å². The van der Waals surface area contributed by atoms with Crippen molar-refractivity contribution in [2.45, 2.75) is 31.8 Å². The van der Waals surface area contributed by atoms with E-state index < -0.39 is 52.5 Å². The fraction of sp³-hybridized carbons (Fsp3) is 0.355. The number of halogens is 5. The highest BCUT2D eigenvalue weighted by Crippen LogP contribution is 2.35. The average Bonchev–Trinajstić information content (AvgIpc) is 2.95. The van der Waals surface area contributed by atoms with Crippen LogP contribution in [-0.2, 0) is 28.0 Å². The van der Waals surface area contributed by atoms with E-state index in [9.17, 15) is 31.5 Å². The quantitative estimate of drug-likeness (QED) is 0.248. The molecule has 1 aliphatic heterocycles. The normalized spacial score (nSPS) is 15.2. The Labute approximate surface area is 241 Å². The van der Waals surface area contributed by atoms with Crippen LogP contribution in [0.5, 0.6) is 0 Å². The van der Waals surface area contributed by atoms with Gasteiger partial charge in [-0.05, 0) is 55.3 Å². The van der Waals surface area contributed by atoms with Gasteiger partial charge in [0, 0.05) is 68.2 Å². The van der Waals surface area contributed by atoms with E-state index in [1.807, 2.05) is 0 Å². The molecule has 1 heterocycles. The first-order valence-corrected chi connectivity index (χ1v) is 13.5. The molecule has 3 aromatic rings. The van der Waals surface area contributed by atoms with E-state index >= 15 is 0 Å². The minimum atomic E-state index is -1.13. The Balaban J connectivity index is 1.64. The molecule has 0 radical (unpaired) electrons. The van der Waals surface area contributed by atoms with E-state index in [0.717, 1.165) is 25.4 Å². The molecular formula is C31H32F5N3O3. The van der Waals surface area contributed by atoms with Crippen LogP contribution in [0.4, 0.5) is 27.6 Å². The molecule has 224 valence electrons. The second-order valence-corrected chi connectivity index (χ2v) is 10.6. The summed E-state index contributed by atoms with van der Waals surface area (Å²) in [6, 6.07) is 8.86. The van der Waals surface area contributed by atoms with Crippen molar-refractivity contribution in [3.05, 3.63) is 99.9 Å². The van der Waals surface area contributed by atoms with Gasteiger partial charge in [0.1, 0.15) is 35.4 Å². The number of benzene rings is 3. The lowest BCUT2D eigenvalue weighted by atomic mass is 9.79. The second kappa shape index (κ2) is 13.4. The Morgan fingerprint density at radius 1 is 0.976 bits per heavy atom. The lowest BCUT2D eigenvalue weighted by molar-refractivity contribution is -0.112. The van der Waals surface area contributed by atoms with Crippen molar-refractivity contribution in [2.75, 3.05) is 44.8 Å². The molecule has 1 aliphatic rings. The van der Waals surface area contributed by atoms with Gasteiger partial charge in [-0.3, -0.25) is 9.69 Å². The zero-order chi connectivity index (χ0) is 30.4. The van der Waals surface area contributed by atoms with Crippen molar-refractivity contribution < 1.29 is 36.3 Å². The molecule has 1 saturated heterocycles. The summed E-state index contributed by atoms with van der Waals surface area (Å²) in [4.78, 5) is 29.5. The zero-order valence-corrected chi connectivity index (χ0v) is 23.4. The molecule has 1 amide bonds. The molecule has 0 aromatic heterocycles. The van der Waals surface area contributed by atoms with Gasteiger partial charge in [0.2, 0.25) is 0 Å². The van der Waals surface area contributed by atoms with Crippen molar-refractivity contribution in [1.29, 1.82) is 0 Å². The summed E-state index contributed by atoms with van der Waals surface area (Å²) >= 11 is 0. The van der Waals surface area contributed by atoms with Crippen molar-refractivity contribution in [3.8, 4) is 0 Å². The first-order chi connectivity index (χ1) is 20.0. The molecule has 3 aromatic carbocycles. The third kappa shape index (κ3) is 7.51. The predicted molar refractivity (Wildman–Crippen MR) is 148 cm³/mol. The first-order valence-electron chi connectivity index (χ1n) is 13.5. The molecular weight excluding hydrogens is 557 g/mol. The molecule has 1 fully saturated rings. The lowest BCUT2D eigenvalue weighted by Crippen LogP contribution is -2.40. The fourth-order valence-electron chi connectivity index (χ4n) is 5.02. The molecule has 42 heavy (non-hydrogen) atoms. The van der Waals surface area contributed by atoms with Crippen molar-refractivity contribution >= 4 is 17.9 Å². The van der Waals surface area contributed by atoms with E-state index in [2.05, 4.69) is 10.2 Å². The summed E-state index contributed by atoms with van der Waals surface area (Å²) in [7, 11) is 1.67. The highest BCUT2D eigenvalue weighted by molar-refractivity contribution is 5.95. The molecule has 4 rings (SSSR count). The largest absolute Gasteiger partial charge is 0.379 e. The van der Waals surface area contributed by atoms with Gasteiger partial charge in [0.05, 0.1) is 18.6 Å². The van der Waals surface area contributed by atoms with Crippen LogP contribution in [0.15, 0.2) is 48.5 Å². The number of anilines is 1. The van der Waals surface area contributed by atoms with Crippen LogP contribution in [0.2, 0.25) is 0 Å². The molecule has 0 saturated carbocycles. The standard InChI is InChI=1S/C31H32F5N3O3/c1-31(19-40,5-6-39-7-9-42-10-8-39)26-4-3-21(30(41)37-17-25-27(35)15-24(34)16-28(25)36)13-29(26)38(2)18-20-11-22(32)14-23(33)12-20/h3-4,11-16,19H,5-10,17-18H2,1-2H3,(H,37,41). The second-order valence-electron chi connectivity index (χ2n) is 10.6. The van der Waals surface area contributed by atoms with Gasteiger partial charge in [0.25, 0.3) is 5.91 Å². The third-order valence-corrected chi connectivity index (χ3v) is 7.47. The number of nitrogens with zero attached hydrogens (tertiary/aromatic N) is 2.